The van der Waals surface area contributed by atoms with Crippen LogP contribution in [0.2, 0.25) is 5.02 Å². The number of imide groups is 1. The molecule has 4 aromatic rings. The fraction of sp³-hybridized carbons (Fsp3) is 0.400. The average Bonchev–Trinajstić information content (AvgIpc) is 3.85. The maximum absolute atomic E-state index is 13.4. The van der Waals surface area contributed by atoms with Gasteiger partial charge >= 0.3 is 0 Å². The number of aromatic nitrogens is 2. The second kappa shape index (κ2) is 13.9. The highest BCUT2D eigenvalue weighted by molar-refractivity contribution is 6.38. The summed E-state index contributed by atoms with van der Waals surface area (Å²) in [4.78, 5) is 78.8. The number of ether oxygens (including phenoxy) is 1. The van der Waals surface area contributed by atoms with Gasteiger partial charge in [-0.05, 0) is 79.0 Å². The molecule has 1 atom stereocenters. The van der Waals surface area contributed by atoms with Gasteiger partial charge in [0.2, 0.25) is 23.6 Å². The summed E-state index contributed by atoms with van der Waals surface area (Å²) in [6.45, 7) is 2.39. The summed E-state index contributed by atoms with van der Waals surface area (Å²) < 4.78 is 6.06. The molecular formula is C40H40ClN7O6. The number of piperidine rings is 2. The van der Waals surface area contributed by atoms with E-state index in [-0.39, 0.29) is 49.3 Å². The summed E-state index contributed by atoms with van der Waals surface area (Å²) in [5.41, 5.74) is 6.81. The highest BCUT2D eigenvalue weighted by Crippen LogP contribution is 2.46. The Bertz CT molecular complexity index is 2210. The van der Waals surface area contributed by atoms with Gasteiger partial charge in [0.1, 0.15) is 24.8 Å². The molecule has 9 rings (SSSR count). The first-order valence-corrected chi connectivity index (χ1v) is 19.1. The number of pyridine rings is 1. The maximum atomic E-state index is 13.4. The van der Waals surface area contributed by atoms with E-state index in [0.29, 0.717) is 68.5 Å². The van der Waals surface area contributed by atoms with Crippen molar-refractivity contribution in [1.82, 2.24) is 25.1 Å². The first kappa shape index (κ1) is 34.5. The normalized spacial score (nSPS) is 20.9. The lowest BCUT2D eigenvalue weighted by Gasteiger charge is -2.36. The van der Waals surface area contributed by atoms with Crippen molar-refractivity contribution in [3.05, 3.63) is 76.6 Å². The molecule has 14 heteroatoms. The number of hydrogen-bond acceptors (Lipinski definition) is 8. The molecule has 5 aliphatic rings. The van der Waals surface area contributed by atoms with Crippen LogP contribution in [0.3, 0.4) is 0 Å². The number of rotatable bonds is 8. The molecule has 6 heterocycles. The van der Waals surface area contributed by atoms with Crippen LogP contribution in [0, 0.1) is 0 Å². The molecule has 278 valence electrons. The Balaban J connectivity index is 0.767. The summed E-state index contributed by atoms with van der Waals surface area (Å²) in [5, 5.41) is 3.97. The number of benzene rings is 2. The Morgan fingerprint density at radius 2 is 1.74 bits per heavy atom. The van der Waals surface area contributed by atoms with Crippen LogP contribution in [0.1, 0.15) is 65.9 Å². The van der Waals surface area contributed by atoms with Crippen molar-refractivity contribution in [1.29, 1.82) is 0 Å². The van der Waals surface area contributed by atoms with Crippen LogP contribution in [0.25, 0.3) is 22.2 Å². The molecule has 13 nitrogen and oxygen atoms in total. The number of anilines is 2. The predicted molar refractivity (Wildman–Crippen MR) is 201 cm³/mol. The van der Waals surface area contributed by atoms with Gasteiger partial charge in [-0.1, -0.05) is 29.8 Å². The van der Waals surface area contributed by atoms with Crippen LogP contribution < -0.4 is 15.1 Å². The molecule has 1 aliphatic carbocycles. The van der Waals surface area contributed by atoms with Gasteiger partial charge in [0.25, 0.3) is 5.91 Å². The molecule has 0 radical (unpaired) electrons. The Labute approximate surface area is 316 Å². The van der Waals surface area contributed by atoms with E-state index >= 15 is 0 Å². The predicted octanol–water partition coefficient (Wildman–Crippen LogP) is 4.38. The first-order valence-electron chi connectivity index (χ1n) is 18.7. The molecule has 1 saturated carbocycles. The lowest BCUT2D eigenvalue weighted by molar-refractivity contribution is -0.142. The van der Waals surface area contributed by atoms with Gasteiger partial charge in [-0.25, -0.2) is 4.98 Å². The number of piperazine rings is 1. The number of hydrogen-bond donors (Lipinski definition) is 2. The van der Waals surface area contributed by atoms with E-state index in [4.69, 9.17) is 16.3 Å². The third kappa shape index (κ3) is 6.38. The Morgan fingerprint density at radius 3 is 2.52 bits per heavy atom. The number of aromatic amines is 1. The summed E-state index contributed by atoms with van der Waals surface area (Å²) in [6, 6.07) is 12.9. The van der Waals surface area contributed by atoms with E-state index in [0.717, 1.165) is 51.9 Å². The minimum Gasteiger partial charge on any atom is -0.371 e. The van der Waals surface area contributed by atoms with E-state index in [9.17, 15) is 24.0 Å². The van der Waals surface area contributed by atoms with Gasteiger partial charge in [-0.15, -0.1) is 0 Å². The molecule has 4 fully saturated rings. The molecule has 0 spiro atoms. The van der Waals surface area contributed by atoms with Crippen molar-refractivity contribution in [3.63, 3.8) is 0 Å². The second-order valence-electron chi connectivity index (χ2n) is 14.9. The second-order valence-corrected chi connectivity index (χ2v) is 15.3. The van der Waals surface area contributed by atoms with Gasteiger partial charge in [0.05, 0.1) is 11.1 Å². The smallest absolute Gasteiger partial charge is 0.255 e. The summed E-state index contributed by atoms with van der Waals surface area (Å²) in [7, 11) is 0. The SMILES string of the molecule is O=C1CCC(N2Cc3ccc(N4CCC(OCC(=O)N5CCN(c6cccc(-c7cnc8[nH]cc(C9CC9)c8c7Cl)c6)C(=O)C5)CC4)cc3C2=O)C(=O)N1. The van der Waals surface area contributed by atoms with E-state index in [1.54, 1.807) is 20.9 Å². The highest BCUT2D eigenvalue weighted by Gasteiger charge is 2.39. The molecule has 2 N–H and O–H groups in total. The van der Waals surface area contributed by atoms with E-state index in [2.05, 4.69) is 20.2 Å². The molecular weight excluding hydrogens is 710 g/mol. The van der Waals surface area contributed by atoms with E-state index < -0.39 is 11.9 Å². The Kier molecular flexibility index (Phi) is 8.85. The third-order valence-corrected chi connectivity index (χ3v) is 11.9. The zero-order chi connectivity index (χ0) is 37.1. The van der Waals surface area contributed by atoms with Crippen molar-refractivity contribution >= 4 is 63.5 Å². The summed E-state index contributed by atoms with van der Waals surface area (Å²) in [5.74, 6) is -0.763. The summed E-state index contributed by atoms with van der Waals surface area (Å²) >= 11 is 6.96. The number of fused-ring (bicyclic) bond motifs is 2. The fourth-order valence-corrected chi connectivity index (χ4v) is 8.66. The number of H-pyrrole nitrogens is 1. The van der Waals surface area contributed by atoms with Gasteiger partial charge in [-0.2, -0.15) is 0 Å². The van der Waals surface area contributed by atoms with Crippen LogP contribution in [-0.2, 0) is 30.5 Å². The summed E-state index contributed by atoms with van der Waals surface area (Å²) in [6.07, 6.45) is 7.97. The molecule has 1 unspecified atom stereocenters. The lowest BCUT2D eigenvalue weighted by Crippen LogP contribution is -2.53. The Hall–Kier alpha value is -5.27. The third-order valence-electron chi connectivity index (χ3n) is 11.5. The number of amides is 5. The topological polar surface area (TPSA) is 148 Å². The number of carbonyl (C=O) groups excluding carboxylic acids is 5. The molecule has 0 bridgehead atoms. The van der Waals surface area contributed by atoms with Crippen LogP contribution in [0.4, 0.5) is 11.4 Å². The van der Waals surface area contributed by atoms with Crippen LogP contribution in [-0.4, -0.2) is 101 Å². The molecule has 2 aromatic heterocycles. The van der Waals surface area contributed by atoms with Gasteiger partial charge in [0.15, 0.2) is 0 Å². The number of halogens is 1. The van der Waals surface area contributed by atoms with Crippen molar-refractivity contribution in [2.75, 3.05) is 49.1 Å². The lowest BCUT2D eigenvalue weighted by atomic mass is 10.0. The van der Waals surface area contributed by atoms with Gasteiger partial charge < -0.3 is 29.3 Å². The zero-order valence-electron chi connectivity index (χ0n) is 29.7. The van der Waals surface area contributed by atoms with Crippen LogP contribution in [0.15, 0.2) is 54.9 Å². The first-order chi connectivity index (χ1) is 26.2. The zero-order valence-corrected chi connectivity index (χ0v) is 30.4. The van der Waals surface area contributed by atoms with Crippen molar-refractivity contribution in [2.24, 2.45) is 0 Å². The highest BCUT2D eigenvalue weighted by atomic mass is 35.5. The molecule has 5 amide bonds. The van der Waals surface area contributed by atoms with E-state index in [1.165, 1.54) is 5.56 Å². The van der Waals surface area contributed by atoms with Crippen molar-refractivity contribution in [3.8, 4) is 11.1 Å². The largest absolute Gasteiger partial charge is 0.371 e. The molecule has 2 aromatic carbocycles. The van der Waals surface area contributed by atoms with Gasteiger partial charge in [-0.3, -0.25) is 29.3 Å². The van der Waals surface area contributed by atoms with Crippen LogP contribution in [0.5, 0.6) is 0 Å². The monoisotopic (exact) mass is 749 g/mol. The molecule has 54 heavy (non-hydrogen) atoms. The standard InChI is InChI=1S/C40H40ClN7O6/c41-37-31(19-43-38-36(37)30(18-42-38)23-4-5-23)24-2-1-3-27(16-24)47-15-14-46(21-34(47)50)35(51)22-54-28-10-12-45(13-11-28)26-7-6-25-20-48(40(53)29(25)17-26)32-8-9-33(49)44-39(32)52/h1-3,6-7,16-19,23,28,32H,4-5,8-15,20-22H2,(H,42,43)(H,44,49,52). The molecule has 4 aliphatic heterocycles. The minimum absolute atomic E-state index is 0.0226. The quantitative estimate of drug-likeness (QED) is 0.252. The van der Waals surface area contributed by atoms with Crippen molar-refractivity contribution < 1.29 is 28.7 Å². The Morgan fingerprint density at radius 1 is 0.907 bits per heavy atom. The fourth-order valence-electron chi connectivity index (χ4n) is 8.30. The van der Waals surface area contributed by atoms with Crippen LogP contribution >= 0.6 is 11.6 Å². The number of nitrogens with one attached hydrogen (secondary N) is 2. The molecule has 3 saturated heterocycles. The van der Waals surface area contributed by atoms with Gasteiger partial charge in [0, 0.05) is 79.4 Å². The van der Waals surface area contributed by atoms with Crippen molar-refractivity contribution in [2.45, 2.75) is 63.1 Å². The average molecular weight is 750 g/mol. The number of nitrogens with zero attached hydrogens (tertiary/aromatic N) is 5. The van der Waals surface area contributed by atoms with E-state index in [1.807, 2.05) is 48.7 Å². The minimum atomic E-state index is -0.643. The number of carbonyl (C=O) groups is 5. The maximum Gasteiger partial charge on any atom is 0.255 e.